The van der Waals surface area contributed by atoms with Gasteiger partial charge in [0.15, 0.2) is 0 Å². The second-order valence-corrected chi connectivity index (χ2v) is 21.9. The molecule has 2 aliphatic carbocycles. The van der Waals surface area contributed by atoms with Crippen LogP contribution in [-0.4, -0.2) is 3.21 Å². The van der Waals surface area contributed by atoms with Crippen LogP contribution < -0.4 is 24.8 Å². The Hall–Kier alpha value is -2.31. The molecule has 0 fully saturated rings. The van der Waals surface area contributed by atoms with Gasteiger partial charge in [-0.3, -0.25) is 0 Å². The van der Waals surface area contributed by atoms with E-state index in [0.717, 1.165) is 12.8 Å². The molecule has 0 saturated carbocycles. The van der Waals surface area contributed by atoms with Crippen LogP contribution >= 0.6 is 0 Å². The van der Waals surface area contributed by atoms with Crippen LogP contribution in [0.25, 0.3) is 11.1 Å². The molecule has 0 heterocycles. The summed E-state index contributed by atoms with van der Waals surface area (Å²) in [4.78, 5) is 0. The molecule has 0 spiro atoms. The van der Waals surface area contributed by atoms with Crippen LogP contribution in [0.1, 0.15) is 98.8 Å². The van der Waals surface area contributed by atoms with Crippen LogP contribution in [0.4, 0.5) is 0 Å². The number of hydrogen-bond acceptors (Lipinski definition) is 0. The third-order valence-electron chi connectivity index (χ3n) is 9.96. The van der Waals surface area contributed by atoms with Gasteiger partial charge in [-0.15, -0.1) is 0 Å². The summed E-state index contributed by atoms with van der Waals surface area (Å²) in [6.45, 7) is 19.1. The molecule has 0 aromatic heterocycles. The van der Waals surface area contributed by atoms with Gasteiger partial charge in [0.1, 0.15) is 0 Å². The quantitative estimate of drug-likeness (QED) is 0.256. The molecule has 0 unspecified atom stereocenters. The summed E-state index contributed by atoms with van der Waals surface area (Å²) < 4.78 is 3.97. The smallest absolute Gasteiger partial charge is 1.00 e. The van der Waals surface area contributed by atoms with Crippen LogP contribution in [0, 0.1) is 0 Å². The number of hydrogen-bond donors (Lipinski definition) is 0. The molecule has 0 atom stereocenters. The van der Waals surface area contributed by atoms with Gasteiger partial charge in [0.2, 0.25) is 0 Å². The molecule has 0 radical (unpaired) electrons. The van der Waals surface area contributed by atoms with Crippen molar-refractivity contribution < 1.29 is 46.1 Å². The Labute approximate surface area is 298 Å². The summed E-state index contributed by atoms with van der Waals surface area (Å²) in [5.74, 6) is 0. The van der Waals surface area contributed by atoms with Crippen molar-refractivity contribution in [1.29, 1.82) is 0 Å². The minimum absolute atomic E-state index is 0. The van der Waals surface area contributed by atoms with E-state index in [2.05, 4.69) is 171 Å². The molecule has 46 heavy (non-hydrogen) atoms. The average molecular weight is 727 g/mol. The van der Waals surface area contributed by atoms with Crippen molar-refractivity contribution in [2.75, 3.05) is 0 Å². The Morgan fingerprint density at radius 3 is 1.59 bits per heavy atom. The molecule has 4 aromatic carbocycles. The van der Waals surface area contributed by atoms with E-state index in [1.807, 2.05) is 0 Å². The Kier molecular flexibility index (Phi) is 11.2. The summed E-state index contributed by atoms with van der Waals surface area (Å²) in [6, 6.07) is 37.6. The van der Waals surface area contributed by atoms with E-state index >= 15 is 0 Å². The molecular weight excluding hydrogens is 679 g/mol. The summed E-state index contributed by atoms with van der Waals surface area (Å²) in [6.07, 6.45) is 9.36. The maximum atomic E-state index is 2.54. The summed E-state index contributed by atoms with van der Waals surface area (Å²) >= 11 is -2.65. The average Bonchev–Trinajstić information content (AvgIpc) is 3.64. The molecule has 3 heteroatoms. The number of fused-ring (bicyclic) bond motifs is 3. The van der Waals surface area contributed by atoms with Gasteiger partial charge < -0.3 is 24.8 Å². The first-order chi connectivity index (χ1) is 20.9. The van der Waals surface area contributed by atoms with E-state index in [4.69, 9.17) is 0 Å². The van der Waals surface area contributed by atoms with E-state index in [9.17, 15) is 0 Å². The zero-order valence-corrected chi connectivity index (χ0v) is 32.7. The molecule has 0 amide bonds. The van der Waals surface area contributed by atoms with E-state index < -0.39 is 21.3 Å². The monoisotopic (exact) mass is 724 g/mol. The molecule has 4 aromatic rings. The first kappa shape index (κ1) is 36.5. The van der Waals surface area contributed by atoms with Crippen molar-refractivity contribution in [3.8, 4) is 11.1 Å². The Morgan fingerprint density at radius 1 is 0.630 bits per heavy atom. The first-order valence-corrected chi connectivity index (χ1v) is 20.2. The Bertz CT molecular complexity index is 1710. The van der Waals surface area contributed by atoms with Gasteiger partial charge in [-0.1, -0.05) is 0 Å². The topological polar surface area (TPSA) is 0 Å². The molecule has 0 aliphatic heterocycles. The number of allylic oxidation sites excluding steroid dienone is 4. The van der Waals surface area contributed by atoms with Crippen LogP contribution in [0.2, 0.25) is 0 Å². The molecule has 238 valence electrons. The number of benzene rings is 4. The predicted molar refractivity (Wildman–Crippen MR) is 188 cm³/mol. The first-order valence-electron chi connectivity index (χ1n) is 16.3. The fourth-order valence-corrected chi connectivity index (χ4v) is 17.2. The van der Waals surface area contributed by atoms with Crippen molar-refractivity contribution in [2.24, 2.45) is 0 Å². The van der Waals surface area contributed by atoms with Crippen molar-refractivity contribution >= 4 is 3.21 Å². The molecule has 0 saturated heterocycles. The van der Waals surface area contributed by atoms with Crippen molar-refractivity contribution in [1.82, 2.24) is 0 Å². The minimum atomic E-state index is -2.65. The summed E-state index contributed by atoms with van der Waals surface area (Å²) in [5.41, 5.74) is 12.0. The fourth-order valence-electron chi connectivity index (χ4n) is 7.18. The maximum absolute atomic E-state index is 2.65. The molecule has 0 N–H and O–H groups in total. The van der Waals surface area contributed by atoms with E-state index in [1.165, 1.54) is 33.4 Å². The van der Waals surface area contributed by atoms with Gasteiger partial charge in [-0.2, -0.15) is 0 Å². The Balaban J connectivity index is 0.00000240. The van der Waals surface area contributed by atoms with Crippen LogP contribution in [0.3, 0.4) is 0 Å². The van der Waals surface area contributed by atoms with Gasteiger partial charge in [0.25, 0.3) is 0 Å². The second kappa shape index (κ2) is 14.0. The SMILES string of the molecule is CC(C)(C)c1ccc2c(c1)-c1cc(C(C)(C)C)ccc1[CH]2/[Zr+2]([C]1=CC=CC1)=[C](/Cc1ccccc1)C(C)(C)c1ccccc1.[Cl-].[Cl-]. The molecular formula is C43H48Cl2Zr. The van der Waals surface area contributed by atoms with E-state index in [-0.39, 0.29) is 41.1 Å². The third kappa shape index (κ3) is 7.09. The summed E-state index contributed by atoms with van der Waals surface area (Å²) in [7, 11) is 0. The molecule has 2 aliphatic rings. The normalized spacial score (nSPS) is 14.5. The van der Waals surface area contributed by atoms with Crippen LogP contribution in [0.15, 0.2) is 119 Å². The second-order valence-electron chi connectivity index (χ2n) is 15.4. The predicted octanol–water partition coefficient (Wildman–Crippen LogP) is 5.21. The maximum Gasteiger partial charge on any atom is -1.00 e. The van der Waals surface area contributed by atoms with Gasteiger partial charge in [-0.25, -0.2) is 0 Å². The van der Waals surface area contributed by atoms with Gasteiger partial charge in [0.05, 0.1) is 0 Å². The van der Waals surface area contributed by atoms with Gasteiger partial charge >= 0.3 is 276 Å². The zero-order chi connectivity index (χ0) is 31.3. The largest absolute Gasteiger partial charge is 1.00 e. The fraction of sp³-hybridized carbons (Fsp3) is 0.326. The third-order valence-corrected chi connectivity index (χ3v) is 19.1. The van der Waals surface area contributed by atoms with Crippen molar-refractivity contribution in [3.05, 3.63) is 152 Å². The van der Waals surface area contributed by atoms with Crippen molar-refractivity contribution in [2.45, 2.75) is 88.1 Å². The van der Waals surface area contributed by atoms with Crippen LogP contribution in [0.5, 0.6) is 0 Å². The molecule has 6 rings (SSSR count). The Morgan fingerprint density at radius 2 is 1.13 bits per heavy atom. The molecule has 0 nitrogen and oxygen atoms in total. The van der Waals surface area contributed by atoms with Crippen molar-refractivity contribution in [3.63, 3.8) is 0 Å². The number of rotatable bonds is 6. The van der Waals surface area contributed by atoms with E-state index in [0.29, 0.717) is 3.63 Å². The molecule has 0 bridgehead atoms. The van der Waals surface area contributed by atoms with Gasteiger partial charge in [0, 0.05) is 0 Å². The number of halogens is 2. The standard InChI is InChI=1S/C21H25.C17H18.C5H5.2ClH.Zr/c1-20(2,3)16-9-7-14-11-15-8-10-17(21(4,5)6)13-19(15)18(14)12-16;1-17(2,16-11-7-4-8-12-16)14-13-15-9-5-3-6-10-15;1-2-4-5-3-1;;;/h7-13H,1-6H3;3-12H,13H2,1-2H3;1-3H,4H2;2*1H;/q;;;;;+2/p-2. The minimum Gasteiger partial charge on any atom is -1.00 e. The van der Waals surface area contributed by atoms with E-state index in [1.54, 1.807) is 17.6 Å². The van der Waals surface area contributed by atoms with Gasteiger partial charge in [-0.05, 0) is 0 Å². The summed E-state index contributed by atoms with van der Waals surface area (Å²) in [5, 5.41) is 0. The zero-order valence-electron chi connectivity index (χ0n) is 28.7. The van der Waals surface area contributed by atoms with Crippen LogP contribution in [-0.2, 0) is 43.9 Å².